The van der Waals surface area contributed by atoms with Gasteiger partial charge in [-0.3, -0.25) is 4.79 Å². The van der Waals surface area contributed by atoms with Crippen molar-refractivity contribution >= 4 is 0 Å². The minimum Gasteiger partial charge on any atom is -0.497 e. The lowest BCUT2D eigenvalue weighted by Gasteiger charge is -2.16. The number of hydrogen-bond donors (Lipinski definition) is 1. The molecule has 2 aromatic rings. The third-order valence-electron chi connectivity index (χ3n) is 3.82. The highest BCUT2D eigenvalue weighted by atomic mass is 16.5. The molecule has 4 nitrogen and oxygen atoms in total. The van der Waals surface area contributed by atoms with Gasteiger partial charge in [0.25, 0.3) is 5.56 Å². The van der Waals surface area contributed by atoms with Crippen molar-refractivity contribution in [2.24, 2.45) is 5.73 Å². The van der Waals surface area contributed by atoms with E-state index in [0.29, 0.717) is 12.1 Å². The monoisotopic (exact) mass is 300 g/mol. The van der Waals surface area contributed by atoms with Crippen molar-refractivity contribution in [2.45, 2.75) is 39.3 Å². The summed E-state index contributed by atoms with van der Waals surface area (Å²) in [5.41, 5.74) is 8.51. The maximum atomic E-state index is 12.7. The highest BCUT2D eigenvalue weighted by molar-refractivity contribution is 5.61. The fourth-order valence-electron chi connectivity index (χ4n) is 2.49. The summed E-state index contributed by atoms with van der Waals surface area (Å²) in [6.45, 7) is 4.67. The van der Waals surface area contributed by atoms with Crippen LogP contribution in [0, 0.1) is 0 Å². The first-order chi connectivity index (χ1) is 10.6. The zero-order valence-electron chi connectivity index (χ0n) is 13.5. The summed E-state index contributed by atoms with van der Waals surface area (Å²) in [7, 11) is 1.64. The molecule has 0 spiro atoms. The molecule has 118 valence electrons. The largest absolute Gasteiger partial charge is 0.497 e. The van der Waals surface area contributed by atoms with Gasteiger partial charge in [0.15, 0.2) is 0 Å². The second kappa shape index (κ2) is 7.27. The Hall–Kier alpha value is -2.07. The van der Waals surface area contributed by atoms with Crippen LogP contribution in [0.2, 0.25) is 0 Å². The molecule has 4 heteroatoms. The van der Waals surface area contributed by atoms with Gasteiger partial charge in [0.05, 0.1) is 12.8 Å². The predicted octanol–water partition coefficient (Wildman–Crippen LogP) is 3.34. The lowest BCUT2D eigenvalue weighted by molar-refractivity contribution is 0.415. The van der Waals surface area contributed by atoms with Gasteiger partial charge >= 0.3 is 0 Å². The van der Waals surface area contributed by atoms with Crippen molar-refractivity contribution in [3.05, 3.63) is 52.3 Å². The van der Waals surface area contributed by atoms with Gasteiger partial charge < -0.3 is 15.0 Å². The van der Waals surface area contributed by atoms with Gasteiger partial charge in [-0.2, -0.15) is 0 Å². The molecule has 1 heterocycles. The van der Waals surface area contributed by atoms with E-state index in [1.807, 2.05) is 47.9 Å². The molecule has 0 bridgehead atoms. The van der Waals surface area contributed by atoms with Gasteiger partial charge in [0.1, 0.15) is 5.75 Å². The number of nitrogens with zero attached hydrogens (tertiary/aromatic N) is 1. The third kappa shape index (κ3) is 3.39. The van der Waals surface area contributed by atoms with Gasteiger partial charge in [0, 0.05) is 18.2 Å². The van der Waals surface area contributed by atoms with Gasteiger partial charge in [-0.05, 0) is 55.3 Å². The number of pyridine rings is 1. The lowest BCUT2D eigenvalue weighted by Crippen LogP contribution is -2.28. The number of aromatic nitrogens is 1. The SMILES string of the molecule is CCCCn1c(-c2ccc(OC)cc2)ccc(C(C)N)c1=O. The molecule has 0 fully saturated rings. The summed E-state index contributed by atoms with van der Waals surface area (Å²) in [5, 5.41) is 0. The molecule has 2 rings (SSSR count). The molecule has 22 heavy (non-hydrogen) atoms. The molecule has 0 saturated heterocycles. The molecule has 1 aromatic heterocycles. The molecule has 0 aliphatic carbocycles. The minimum absolute atomic E-state index is 0.0109. The first kappa shape index (κ1) is 16.3. The summed E-state index contributed by atoms with van der Waals surface area (Å²) in [5.74, 6) is 0.804. The van der Waals surface area contributed by atoms with Crippen LogP contribution in [0.1, 0.15) is 38.3 Å². The summed E-state index contributed by atoms with van der Waals surface area (Å²) < 4.78 is 7.03. The summed E-state index contributed by atoms with van der Waals surface area (Å²) in [4.78, 5) is 12.7. The van der Waals surface area contributed by atoms with E-state index in [1.54, 1.807) is 7.11 Å². The molecule has 0 aliphatic heterocycles. The number of unbranched alkanes of at least 4 members (excludes halogenated alkanes) is 1. The van der Waals surface area contributed by atoms with Crippen LogP contribution in [0.25, 0.3) is 11.3 Å². The Morgan fingerprint density at radius 1 is 1.18 bits per heavy atom. The van der Waals surface area contributed by atoms with Crippen molar-refractivity contribution in [1.82, 2.24) is 4.57 Å². The standard InChI is InChI=1S/C18H24N2O2/c1-4-5-12-20-17(11-10-16(13(2)19)18(20)21)14-6-8-15(22-3)9-7-14/h6-11,13H,4-5,12,19H2,1-3H3. The number of rotatable bonds is 6. The Morgan fingerprint density at radius 3 is 2.41 bits per heavy atom. The average Bonchev–Trinajstić information content (AvgIpc) is 2.53. The van der Waals surface area contributed by atoms with E-state index in [0.717, 1.165) is 29.8 Å². The van der Waals surface area contributed by atoms with Crippen LogP contribution >= 0.6 is 0 Å². The molecule has 2 N–H and O–H groups in total. The van der Waals surface area contributed by atoms with E-state index in [1.165, 1.54) is 0 Å². The zero-order valence-corrected chi connectivity index (χ0v) is 13.5. The number of nitrogens with two attached hydrogens (primary N) is 1. The minimum atomic E-state index is -0.259. The Bertz CT molecular complexity index is 672. The second-order valence-corrected chi connectivity index (χ2v) is 5.50. The Balaban J connectivity index is 2.53. The van der Waals surface area contributed by atoms with Crippen molar-refractivity contribution in [3.8, 4) is 17.0 Å². The topological polar surface area (TPSA) is 57.2 Å². The maximum Gasteiger partial charge on any atom is 0.255 e. The number of benzene rings is 1. The lowest BCUT2D eigenvalue weighted by atomic mass is 10.1. The Kier molecular flexibility index (Phi) is 5.39. The van der Waals surface area contributed by atoms with Gasteiger partial charge in [-0.15, -0.1) is 0 Å². The van der Waals surface area contributed by atoms with Crippen molar-refractivity contribution in [1.29, 1.82) is 0 Å². The smallest absolute Gasteiger partial charge is 0.255 e. The number of methoxy groups -OCH3 is 1. The van der Waals surface area contributed by atoms with Crippen molar-refractivity contribution in [2.75, 3.05) is 7.11 Å². The molecule has 0 aliphatic rings. The molecule has 0 amide bonds. The maximum absolute atomic E-state index is 12.7. The normalized spacial score (nSPS) is 12.2. The van der Waals surface area contributed by atoms with Gasteiger partial charge in [0.2, 0.25) is 0 Å². The van der Waals surface area contributed by atoms with E-state index >= 15 is 0 Å². The zero-order chi connectivity index (χ0) is 16.1. The fourth-order valence-corrected chi connectivity index (χ4v) is 2.49. The molecule has 0 radical (unpaired) electrons. The Labute approximate surface area is 131 Å². The van der Waals surface area contributed by atoms with Crippen LogP contribution in [0.5, 0.6) is 5.75 Å². The predicted molar refractivity (Wildman–Crippen MR) is 90.2 cm³/mol. The van der Waals surface area contributed by atoms with Crippen LogP contribution in [-0.4, -0.2) is 11.7 Å². The van der Waals surface area contributed by atoms with Crippen molar-refractivity contribution < 1.29 is 4.74 Å². The first-order valence-electron chi connectivity index (χ1n) is 7.72. The quantitative estimate of drug-likeness (QED) is 0.890. The van der Waals surface area contributed by atoms with Crippen LogP contribution in [-0.2, 0) is 6.54 Å². The second-order valence-electron chi connectivity index (χ2n) is 5.50. The van der Waals surface area contributed by atoms with Crippen LogP contribution < -0.4 is 16.0 Å². The van der Waals surface area contributed by atoms with Crippen molar-refractivity contribution in [3.63, 3.8) is 0 Å². The number of ether oxygens (including phenoxy) is 1. The molecule has 1 unspecified atom stereocenters. The third-order valence-corrected chi connectivity index (χ3v) is 3.82. The van der Waals surface area contributed by atoms with E-state index in [2.05, 4.69) is 6.92 Å². The Morgan fingerprint density at radius 2 is 1.86 bits per heavy atom. The molecule has 0 saturated carbocycles. The molecule has 1 aromatic carbocycles. The van der Waals surface area contributed by atoms with E-state index in [9.17, 15) is 4.79 Å². The average molecular weight is 300 g/mol. The van der Waals surface area contributed by atoms with Crippen LogP contribution in [0.15, 0.2) is 41.2 Å². The van der Waals surface area contributed by atoms with Crippen LogP contribution in [0.3, 0.4) is 0 Å². The van der Waals surface area contributed by atoms with E-state index in [4.69, 9.17) is 10.5 Å². The first-order valence-corrected chi connectivity index (χ1v) is 7.72. The highest BCUT2D eigenvalue weighted by Gasteiger charge is 2.12. The molecular formula is C18H24N2O2. The summed E-state index contributed by atoms with van der Waals surface area (Å²) in [6, 6.07) is 11.3. The molecule has 1 atom stereocenters. The molecular weight excluding hydrogens is 276 g/mol. The van der Waals surface area contributed by atoms with Crippen LogP contribution in [0.4, 0.5) is 0 Å². The van der Waals surface area contributed by atoms with E-state index in [-0.39, 0.29) is 11.6 Å². The van der Waals surface area contributed by atoms with Gasteiger partial charge in [-0.1, -0.05) is 13.3 Å². The fraction of sp³-hybridized carbons (Fsp3) is 0.389. The highest BCUT2D eigenvalue weighted by Crippen LogP contribution is 2.22. The number of hydrogen-bond acceptors (Lipinski definition) is 3. The summed E-state index contributed by atoms with van der Waals surface area (Å²) >= 11 is 0. The summed E-state index contributed by atoms with van der Waals surface area (Å²) in [6.07, 6.45) is 2.00. The van der Waals surface area contributed by atoms with Gasteiger partial charge in [-0.25, -0.2) is 0 Å². The van der Waals surface area contributed by atoms with E-state index < -0.39 is 0 Å².